The van der Waals surface area contributed by atoms with Gasteiger partial charge < -0.3 is 9.64 Å². The van der Waals surface area contributed by atoms with Crippen molar-refractivity contribution in [3.05, 3.63) is 45.3 Å². The highest BCUT2D eigenvalue weighted by Crippen LogP contribution is 2.48. The smallest absolute Gasteiger partial charge is 0.152 e. The summed E-state index contributed by atoms with van der Waals surface area (Å²) in [6.45, 7) is 0.984. The minimum atomic E-state index is 0.897. The molecule has 110 valence electrons. The van der Waals surface area contributed by atoms with Crippen LogP contribution in [0.3, 0.4) is 0 Å². The van der Waals surface area contributed by atoms with Crippen molar-refractivity contribution in [2.45, 2.75) is 12.8 Å². The van der Waals surface area contributed by atoms with Crippen LogP contribution in [-0.2, 0) is 0 Å². The van der Waals surface area contributed by atoms with E-state index in [2.05, 4.69) is 77.0 Å². The van der Waals surface area contributed by atoms with E-state index >= 15 is 0 Å². The number of ether oxygens (including phenoxy) is 1. The number of hydrogen-bond acceptors (Lipinski definition) is 2. The van der Waals surface area contributed by atoms with Gasteiger partial charge in [0.1, 0.15) is 0 Å². The highest BCUT2D eigenvalue weighted by molar-refractivity contribution is 9.10. The van der Waals surface area contributed by atoms with E-state index in [1.54, 1.807) is 0 Å². The van der Waals surface area contributed by atoms with Crippen molar-refractivity contribution in [2.24, 2.45) is 0 Å². The standard InChI is InChI=1S/C16H14Br3NO/c17-7-1-2-8-20-13-5-3-11(18)9-15(13)21-16-10-12(19)4-6-14(16)20/h3-6,9-10H,1-2,7-8H2. The Labute approximate surface area is 149 Å². The average molecular weight is 476 g/mol. The fourth-order valence-electron chi connectivity index (χ4n) is 2.44. The summed E-state index contributed by atoms with van der Waals surface area (Å²) in [6.07, 6.45) is 2.30. The number of halogens is 3. The molecule has 1 heterocycles. The lowest BCUT2D eigenvalue weighted by Gasteiger charge is -2.33. The van der Waals surface area contributed by atoms with Crippen molar-refractivity contribution in [3.63, 3.8) is 0 Å². The molecule has 0 fully saturated rings. The predicted molar refractivity (Wildman–Crippen MR) is 98.4 cm³/mol. The number of rotatable bonds is 4. The molecule has 2 aromatic carbocycles. The molecule has 0 aliphatic carbocycles. The molecule has 0 unspecified atom stereocenters. The summed E-state index contributed by atoms with van der Waals surface area (Å²) in [6, 6.07) is 12.4. The van der Waals surface area contributed by atoms with Gasteiger partial charge in [0.25, 0.3) is 0 Å². The Morgan fingerprint density at radius 1 is 0.857 bits per heavy atom. The van der Waals surface area contributed by atoms with Gasteiger partial charge in [-0.15, -0.1) is 0 Å². The van der Waals surface area contributed by atoms with Crippen LogP contribution in [0.15, 0.2) is 45.3 Å². The Morgan fingerprint density at radius 3 is 1.95 bits per heavy atom. The topological polar surface area (TPSA) is 12.5 Å². The molecule has 21 heavy (non-hydrogen) atoms. The molecule has 0 aromatic heterocycles. The number of nitrogens with zero attached hydrogens (tertiary/aromatic N) is 1. The third kappa shape index (κ3) is 3.30. The molecule has 3 rings (SSSR count). The Hall–Kier alpha value is -0.520. The van der Waals surface area contributed by atoms with E-state index in [9.17, 15) is 0 Å². The van der Waals surface area contributed by atoms with Crippen LogP contribution in [0.4, 0.5) is 11.4 Å². The number of hydrogen-bond donors (Lipinski definition) is 0. The minimum Gasteiger partial charge on any atom is -0.453 e. The molecule has 0 saturated carbocycles. The second-order valence-electron chi connectivity index (χ2n) is 4.87. The minimum absolute atomic E-state index is 0.897. The second-order valence-corrected chi connectivity index (χ2v) is 7.50. The fourth-order valence-corrected chi connectivity index (χ4v) is 3.52. The lowest BCUT2D eigenvalue weighted by molar-refractivity contribution is 0.472. The molecule has 0 bridgehead atoms. The zero-order valence-corrected chi connectivity index (χ0v) is 16.0. The maximum atomic E-state index is 6.06. The Kier molecular flexibility index (Phi) is 4.92. The van der Waals surface area contributed by atoms with E-state index in [1.807, 2.05) is 12.1 Å². The zero-order chi connectivity index (χ0) is 14.8. The molecular weight excluding hydrogens is 462 g/mol. The van der Waals surface area contributed by atoms with Crippen LogP contribution < -0.4 is 9.64 Å². The molecule has 0 saturated heterocycles. The summed E-state index contributed by atoms with van der Waals surface area (Å²) >= 11 is 10.5. The third-order valence-corrected chi connectivity index (χ3v) is 4.96. The number of unbranched alkanes of at least 4 members (excludes halogenated alkanes) is 1. The first-order valence-electron chi connectivity index (χ1n) is 6.79. The molecule has 2 aromatic rings. The molecule has 0 radical (unpaired) electrons. The number of anilines is 2. The van der Waals surface area contributed by atoms with Crippen molar-refractivity contribution in [1.29, 1.82) is 0 Å². The van der Waals surface area contributed by atoms with Crippen LogP contribution in [0.1, 0.15) is 12.8 Å². The van der Waals surface area contributed by atoms with Gasteiger partial charge in [-0.3, -0.25) is 0 Å². The first kappa shape index (κ1) is 15.4. The van der Waals surface area contributed by atoms with E-state index in [0.29, 0.717) is 0 Å². The maximum absolute atomic E-state index is 6.06. The molecule has 2 nitrogen and oxygen atoms in total. The van der Waals surface area contributed by atoms with E-state index in [-0.39, 0.29) is 0 Å². The van der Waals surface area contributed by atoms with Gasteiger partial charge in [-0.2, -0.15) is 0 Å². The summed E-state index contributed by atoms with van der Waals surface area (Å²) in [5.41, 5.74) is 2.25. The molecular formula is C16H14Br3NO. The summed E-state index contributed by atoms with van der Waals surface area (Å²) in [7, 11) is 0. The van der Waals surface area contributed by atoms with Crippen LogP contribution in [0, 0.1) is 0 Å². The van der Waals surface area contributed by atoms with Crippen LogP contribution in [0.25, 0.3) is 0 Å². The van der Waals surface area contributed by atoms with Crippen molar-refractivity contribution in [3.8, 4) is 11.5 Å². The highest BCUT2D eigenvalue weighted by atomic mass is 79.9. The SMILES string of the molecule is BrCCCCN1c2ccc(Br)cc2Oc2cc(Br)ccc21. The maximum Gasteiger partial charge on any atom is 0.152 e. The predicted octanol–water partition coefficient (Wildman–Crippen LogP) is 6.63. The number of alkyl halides is 1. The van der Waals surface area contributed by atoms with Gasteiger partial charge in [0.2, 0.25) is 0 Å². The Balaban J connectivity index is 2.01. The number of fused-ring (bicyclic) bond motifs is 2. The quantitative estimate of drug-likeness (QED) is 0.363. The van der Waals surface area contributed by atoms with Crippen LogP contribution >= 0.6 is 47.8 Å². The van der Waals surface area contributed by atoms with Crippen LogP contribution in [0.2, 0.25) is 0 Å². The molecule has 0 atom stereocenters. The van der Waals surface area contributed by atoms with E-state index < -0.39 is 0 Å². The normalized spacial score (nSPS) is 12.6. The van der Waals surface area contributed by atoms with Crippen molar-refractivity contribution in [2.75, 3.05) is 16.8 Å². The molecule has 5 heteroatoms. The van der Waals surface area contributed by atoms with Gasteiger partial charge in [0, 0.05) is 20.8 Å². The number of benzene rings is 2. The first-order chi connectivity index (χ1) is 10.2. The summed E-state index contributed by atoms with van der Waals surface area (Å²) in [5, 5.41) is 1.04. The van der Waals surface area contributed by atoms with E-state index in [4.69, 9.17) is 4.74 Å². The molecule has 1 aliphatic heterocycles. The fraction of sp³-hybridized carbons (Fsp3) is 0.250. The van der Waals surface area contributed by atoms with Crippen molar-refractivity contribution in [1.82, 2.24) is 0 Å². The van der Waals surface area contributed by atoms with Gasteiger partial charge in [0.15, 0.2) is 11.5 Å². The van der Waals surface area contributed by atoms with E-state index in [0.717, 1.165) is 56.5 Å². The largest absolute Gasteiger partial charge is 0.453 e. The van der Waals surface area contributed by atoms with Gasteiger partial charge >= 0.3 is 0 Å². The summed E-state index contributed by atoms with van der Waals surface area (Å²) < 4.78 is 8.12. The molecule has 0 spiro atoms. The summed E-state index contributed by atoms with van der Waals surface area (Å²) in [5.74, 6) is 1.79. The zero-order valence-electron chi connectivity index (χ0n) is 11.3. The monoisotopic (exact) mass is 473 g/mol. The third-order valence-electron chi connectivity index (χ3n) is 3.41. The first-order valence-corrected chi connectivity index (χ1v) is 9.50. The molecule has 0 amide bonds. The van der Waals surface area contributed by atoms with Crippen molar-refractivity contribution >= 4 is 59.2 Å². The van der Waals surface area contributed by atoms with Gasteiger partial charge in [-0.05, 0) is 49.2 Å². The Morgan fingerprint density at radius 2 is 1.43 bits per heavy atom. The molecule has 1 aliphatic rings. The second kappa shape index (κ2) is 6.71. The molecule has 0 N–H and O–H groups in total. The summed E-state index contributed by atoms with van der Waals surface area (Å²) in [4.78, 5) is 2.34. The van der Waals surface area contributed by atoms with E-state index in [1.165, 1.54) is 0 Å². The average Bonchev–Trinajstić information content (AvgIpc) is 2.46. The lowest BCUT2D eigenvalue weighted by Crippen LogP contribution is -2.22. The lowest BCUT2D eigenvalue weighted by atomic mass is 10.1. The van der Waals surface area contributed by atoms with Crippen molar-refractivity contribution < 1.29 is 4.74 Å². The highest BCUT2D eigenvalue weighted by Gasteiger charge is 2.24. The van der Waals surface area contributed by atoms with Gasteiger partial charge in [0.05, 0.1) is 11.4 Å². The van der Waals surface area contributed by atoms with Gasteiger partial charge in [-0.25, -0.2) is 0 Å². The van der Waals surface area contributed by atoms with Crippen LogP contribution in [-0.4, -0.2) is 11.9 Å². The van der Waals surface area contributed by atoms with Gasteiger partial charge in [-0.1, -0.05) is 47.8 Å². The Bertz CT molecular complexity index is 608. The van der Waals surface area contributed by atoms with Crippen LogP contribution in [0.5, 0.6) is 11.5 Å².